The van der Waals surface area contributed by atoms with Crippen LogP contribution in [0.25, 0.3) is 0 Å². The van der Waals surface area contributed by atoms with Crippen molar-refractivity contribution in [2.45, 2.75) is 31.6 Å². The Hall–Kier alpha value is -0.670. The monoisotopic (exact) mass is 237 g/mol. The van der Waals surface area contributed by atoms with E-state index >= 15 is 0 Å². The van der Waals surface area contributed by atoms with Gasteiger partial charge in [0.2, 0.25) is 0 Å². The molecule has 0 fully saturated rings. The van der Waals surface area contributed by atoms with Crippen LogP contribution in [-0.2, 0) is 17.2 Å². The summed E-state index contributed by atoms with van der Waals surface area (Å²) >= 11 is 0. The first-order valence-corrected chi connectivity index (χ1v) is 7.34. The molecule has 3 heteroatoms. The average Bonchev–Trinajstić information content (AvgIpc) is 2.68. The lowest BCUT2D eigenvalue weighted by molar-refractivity contribution is 0.546. The molecule has 3 atom stereocenters. The SMILES string of the molecule is CCNC1c2ccccc2CC1S(=O)CC. The number of fused-ring (bicyclic) bond motifs is 1. The normalized spacial score (nSPS) is 25.4. The fourth-order valence-electron chi connectivity index (χ4n) is 2.48. The molecule has 0 spiro atoms. The molecule has 2 nitrogen and oxygen atoms in total. The second-order valence-corrected chi connectivity index (χ2v) is 6.09. The molecule has 1 N–H and O–H groups in total. The van der Waals surface area contributed by atoms with Crippen LogP contribution < -0.4 is 5.32 Å². The standard InChI is InChI=1S/C13H19NOS/c1-3-14-13-11-8-6-5-7-10(11)9-12(13)16(15)4-2/h5-8,12-14H,3-4,9H2,1-2H3. The number of hydrogen-bond donors (Lipinski definition) is 1. The molecule has 0 saturated heterocycles. The van der Waals surface area contributed by atoms with E-state index in [0.717, 1.165) is 18.7 Å². The quantitative estimate of drug-likeness (QED) is 0.868. The van der Waals surface area contributed by atoms with E-state index < -0.39 is 10.8 Å². The van der Waals surface area contributed by atoms with Gasteiger partial charge < -0.3 is 5.32 Å². The highest BCUT2D eigenvalue weighted by Gasteiger charge is 2.34. The molecule has 1 aliphatic carbocycles. The maximum Gasteiger partial charge on any atom is 0.0583 e. The Labute approximate surface area is 99.9 Å². The van der Waals surface area contributed by atoms with Crippen molar-refractivity contribution in [1.82, 2.24) is 5.32 Å². The minimum atomic E-state index is -0.723. The number of benzene rings is 1. The first-order chi connectivity index (χ1) is 7.77. The van der Waals surface area contributed by atoms with Crippen molar-refractivity contribution >= 4 is 10.8 Å². The van der Waals surface area contributed by atoms with E-state index in [1.807, 2.05) is 6.92 Å². The van der Waals surface area contributed by atoms with Gasteiger partial charge in [-0.15, -0.1) is 0 Å². The largest absolute Gasteiger partial charge is 0.309 e. The maximum absolute atomic E-state index is 12.0. The van der Waals surface area contributed by atoms with Crippen molar-refractivity contribution in [3.63, 3.8) is 0 Å². The predicted molar refractivity (Wildman–Crippen MR) is 69.0 cm³/mol. The number of hydrogen-bond acceptors (Lipinski definition) is 2. The molecule has 1 aliphatic rings. The lowest BCUT2D eigenvalue weighted by Gasteiger charge is -2.20. The van der Waals surface area contributed by atoms with E-state index in [4.69, 9.17) is 0 Å². The molecule has 0 radical (unpaired) electrons. The van der Waals surface area contributed by atoms with E-state index in [2.05, 4.69) is 36.5 Å². The van der Waals surface area contributed by atoms with Crippen LogP contribution in [-0.4, -0.2) is 21.8 Å². The summed E-state index contributed by atoms with van der Waals surface area (Å²) in [6, 6.07) is 8.74. The van der Waals surface area contributed by atoms with Gasteiger partial charge in [0.15, 0.2) is 0 Å². The fraction of sp³-hybridized carbons (Fsp3) is 0.538. The Morgan fingerprint density at radius 2 is 2.12 bits per heavy atom. The summed E-state index contributed by atoms with van der Waals surface area (Å²) in [5, 5.41) is 3.73. The third-order valence-corrected chi connectivity index (χ3v) is 4.91. The summed E-state index contributed by atoms with van der Waals surface area (Å²) in [6.45, 7) is 5.03. The Morgan fingerprint density at radius 1 is 1.38 bits per heavy atom. The van der Waals surface area contributed by atoms with Gasteiger partial charge in [-0.3, -0.25) is 4.21 Å². The molecule has 16 heavy (non-hydrogen) atoms. The summed E-state index contributed by atoms with van der Waals surface area (Å²) in [5.41, 5.74) is 2.71. The summed E-state index contributed by atoms with van der Waals surface area (Å²) < 4.78 is 12.0. The van der Waals surface area contributed by atoms with Crippen LogP contribution in [0.3, 0.4) is 0 Å². The molecule has 1 aromatic rings. The van der Waals surface area contributed by atoms with Crippen LogP contribution in [0.4, 0.5) is 0 Å². The van der Waals surface area contributed by atoms with Crippen LogP contribution in [0.2, 0.25) is 0 Å². The van der Waals surface area contributed by atoms with Gasteiger partial charge in [-0.1, -0.05) is 38.1 Å². The minimum absolute atomic E-state index is 0.252. The van der Waals surface area contributed by atoms with Gasteiger partial charge in [-0.25, -0.2) is 0 Å². The van der Waals surface area contributed by atoms with Gasteiger partial charge in [-0.05, 0) is 24.1 Å². The van der Waals surface area contributed by atoms with Crippen molar-refractivity contribution in [3.8, 4) is 0 Å². The van der Waals surface area contributed by atoms with Crippen LogP contribution in [0, 0.1) is 0 Å². The van der Waals surface area contributed by atoms with E-state index in [1.165, 1.54) is 11.1 Å². The Balaban J connectivity index is 2.29. The van der Waals surface area contributed by atoms with Crippen molar-refractivity contribution < 1.29 is 4.21 Å². The lowest BCUT2D eigenvalue weighted by atomic mass is 10.1. The first kappa shape index (κ1) is 11.8. The molecule has 3 unspecified atom stereocenters. The molecule has 1 aromatic carbocycles. The molecule has 0 bridgehead atoms. The molecular formula is C13H19NOS. The Bertz CT molecular complexity index is 391. The lowest BCUT2D eigenvalue weighted by Crippen LogP contribution is -2.32. The molecule has 0 saturated carbocycles. The molecular weight excluding hydrogens is 218 g/mol. The molecule has 0 aromatic heterocycles. The van der Waals surface area contributed by atoms with E-state index in [0.29, 0.717) is 0 Å². The van der Waals surface area contributed by atoms with E-state index in [-0.39, 0.29) is 11.3 Å². The summed E-state index contributed by atoms with van der Waals surface area (Å²) in [4.78, 5) is 0. The fourth-order valence-corrected chi connectivity index (χ4v) is 3.82. The van der Waals surface area contributed by atoms with Crippen molar-refractivity contribution in [2.75, 3.05) is 12.3 Å². The molecule has 88 valence electrons. The topological polar surface area (TPSA) is 29.1 Å². The van der Waals surface area contributed by atoms with Crippen LogP contribution in [0.1, 0.15) is 31.0 Å². The van der Waals surface area contributed by atoms with Crippen LogP contribution in [0.5, 0.6) is 0 Å². The van der Waals surface area contributed by atoms with Crippen molar-refractivity contribution in [3.05, 3.63) is 35.4 Å². The highest BCUT2D eigenvalue weighted by Crippen LogP contribution is 2.34. The van der Waals surface area contributed by atoms with Gasteiger partial charge in [-0.2, -0.15) is 0 Å². The second kappa shape index (κ2) is 5.11. The zero-order valence-electron chi connectivity index (χ0n) is 9.90. The van der Waals surface area contributed by atoms with E-state index in [9.17, 15) is 4.21 Å². The highest BCUT2D eigenvalue weighted by molar-refractivity contribution is 7.85. The third-order valence-electron chi connectivity index (χ3n) is 3.23. The summed E-state index contributed by atoms with van der Waals surface area (Å²) in [7, 11) is -0.723. The Kier molecular flexibility index (Phi) is 3.77. The average molecular weight is 237 g/mol. The zero-order valence-corrected chi connectivity index (χ0v) is 10.7. The van der Waals surface area contributed by atoms with Crippen molar-refractivity contribution in [1.29, 1.82) is 0 Å². The van der Waals surface area contributed by atoms with Crippen LogP contribution in [0.15, 0.2) is 24.3 Å². The smallest absolute Gasteiger partial charge is 0.0583 e. The van der Waals surface area contributed by atoms with Gasteiger partial charge >= 0.3 is 0 Å². The molecule has 0 aliphatic heterocycles. The summed E-state index contributed by atoms with van der Waals surface area (Å²) in [6.07, 6.45) is 0.953. The zero-order chi connectivity index (χ0) is 11.5. The highest BCUT2D eigenvalue weighted by atomic mass is 32.2. The number of rotatable bonds is 4. The first-order valence-electron chi connectivity index (χ1n) is 5.96. The third kappa shape index (κ3) is 2.06. The predicted octanol–water partition coefficient (Wildman–Crippen LogP) is 2.03. The molecule has 2 rings (SSSR count). The molecule has 0 heterocycles. The van der Waals surface area contributed by atoms with Gasteiger partial charge in [0.25, 0.3) is 0 Å². The van der Waals surface area contributed by atoms with Gasteiger partial charge in [0.1, 0.15) is 0 Å². The summed E-state index contributed by atoms with van der Waals surface area (Å²) in [5.74, 6) is 0.751. The van der Waals surface area contributed by atoms with Crippen LogP contribution >= 0.6 is 0 Å². The number of nitrogens with one attached hydrogen (secondary N) is 1. The van der Waals surface area contributed by atoms with E-state index in [1.54, 1.807) is 0 Å². The van der Waals surface area contributed by atoms with Gasteiger partial charge in [0, 0.05) is 22.6 Å². The maximum atomic E-state index is 12.0. The minimum Gasteiger partial charge on any atom is -0.309 e. The van der Waals surface area contributed by atoms with Gasteiger partial charge in [0.05, 0.1) is 5.25 Å². The Morgan fingerprint density at radius 3 is 2.81 bits per heavy atom. The molecule has 0 amide bonds. The van der Waals surface area contributed by atoms with Crippen molar-refractivity contribution in [2.24, 2.45) is 0 Å². The second-order valence-electron chi connectivity index (χ2n) is 4.15.